The highest BCUT2D eigenvalue weighted by Crippen LogP contribution is 2.34. The van der Waals surface area contributed by atoms with Gasteiger partial charge in [-0.3, -0.25) is 9.59 Å². The summed E-state index contributed by atoms with van der Waals surface area (Å²) in [6, 6.07) is 16.4. The third kappa shape index (κ3) is 3.29. The number of thiocarbonyl (C=S) groups is 1. The van der Waals surface area contributed by atoms with E-state index in [4.69, 9.17) is 12.2 Å². The zero-order chi connectivity index (χ0) is 16.4. The molecule has 114 valence electrons. The highest BCUT2D eigenvalue weighted by Gasteiger charge is 2.37. The lowest BCUT2D eigenvalue weighted by atomic mass is 10.2. The number of amides is 2. The van der Waals surface area contributed by atoms with Crippen LogP contribution in [0.2, 0.25) is 0 Å². The van der Waals surface area contributed by atoms with E-state index < -0.39 is 5.91 Å². The monoisotopic (exact) mass is 403 g/mol. The minimum atomic E-state index is -0.420. The van der Waals surface area contributed by atoms with Crippen LogP contribution in [0.1, 0.15) is 15.9 Å². The molecule has 1 heterocycles. The fourth-order valence-electron chi connectivity index (χ4n) is 2.10. The van der Waals surface area contributed by atoms with Gasteiger partial charge in [0.1, 0.15) is 0 Å². The van der Waals surface area contributed by atoms with Gasteiger partial charge in [-0.15, -0.1) is 0 Å². The Bertz CT molecular complexity index is 833. The van der Waals surface area contributed by atoms with Crippen molar-refractivity contribution in [2.45, 2.75) is 0 Å². The highest BCUT2D eigenvalue weighted by atomic mass is 79.9. The molecule has 1 aliphatic rings. The number of thioether (sulfide) groups is 1. The van der Waals surface area contributed by atoms with Gasteiger partial charge < -0.3 is 0 Å². The lowest BCUT2D eigenvalue weighted by molar-refractivity contribution is -0.120. The van der Waals surface area contributed by atoms with Crippen molar-refractivity contribution < 1.29 is 9.59 Å². The van der Waals surface area contributed by atoms with Gasteiger partial charge in [0.2, 0.25) is 0 Å². The molecule has 0 aromatic heterocycles. The Hall–Kier alpha value is -1.76. The van der Waals surface area contributed by atoms with Gasteiger partial charge in [0.05, 0.1) is 10.5 Å². The quantitative estimate of drug-likeness (QED) is 0.420. The summed E-state index contributed by atoms with van der Waals surface area (Å²) in [5, 5.41) is 0. The summed E-state index contributed by atoms with van der Waals surface area (Å²) in [5.74, 6) is -0.805. The van der Waals surface area contributed by atoms with E-state index in [0.29, 0.717) is 14.9 Å². The van der Waals surface area contributed by atoms with E-state index in [-0.39, 0.29) is 10.2 Å². The normalized spacial score (nSPS) is 16.2. The zero-order valence-electron chi connectivity index (χ0n) is 11.7. The van der Waals surface area contributed by atoms with Crippen molar-refractivity contribution in [1.29, 1.82) is 0 Å². The second kappa shape index (κ2) is 6.78. The number of benzene rings is 2. The molecule has 3 nitrogen and oxygen atoms in total. The van der Waals surface area contributed by atoms with Gasteiger partial charge in [-0.2, -0.15) is 0 Å². The molecule has 0 radical (unpaired) electrons. The second-order valence-electron chi connectivity index (χ2n) is 4.71. The van der Waals surface area contributed by atoms with Gasteiger partial charge in [-0.25, -0.2) is 4.90 Å². The van der Waals surface area contributed by atoms with Gasteiger partial charge >= 0.3 is 0 Å². The molecule has 1 fully saturated rings. The van der Waals surface area contributed by atoms with Crippen LogP contribution in [0.5, 0.6) is 0 Å². The second-order valence-corrected chi connectivity index (χ2v) is 7.24. The number of imide groups is 1. The Labute approximate surface area is 151 Å². The van der Waals surface area contributed by atoms with Gasteiger partial charge in [-0.05, 0) is 39.7 Å². The number of carbonyl (C=O) groups excluding carboxylic acids is 2. The van der Waals surface area contributed by atoms with E-state index in [9.17, 15) is 9.59 Å². The van der Waals surface area contributed by atoms with Crippen LogP contribution in [0.15, 0.2) is 64.0 Å². The standard InChI is InChI=1S/C17H10BrNO2S2/c18-13-9-5-4-8-12(13)15(20)19-16(21)14(23-17(19)22)10-11-6-2-1-3-7-11/h1-10H/b14-10-. The summed E-state index contributed by atoms with van der Waals surface area (Å²) in [5.41, 5.74) is 1.30. The smallest absolute Gasteiger partial charge is 0.268 e. The minimum Gasteiger partial charge on any atom is -0.268 e. The van der Waals surface area contributed by atoms with Crippen LogP contribution < -0.4 is 0 Å². The number of nitrogens with zero attached hydrogens (tertiary/aromatic N) is 1. The van der Waals surface area contributed by atoms with Crippen molar-refractivity contribution in [3.05, 3.63) is 75.1 Å². The minimum absolute atomic E-state index is 0.248. The number of halogens is 1. The molecule has 23 heavy (non-hydrogen) atoms. The Kier molecular flexibility index (Phi) is 4.75. The number of rotatable bonds is 2. The maximum absolute atomic E-state index is 12.6. The first-order valence-corrected chi connectivity index (χ1v) is 8.71. The number of hydrogen-bond acceptors (Lipinski definition) is 4. The molecule has 1 saturated heterocycles. The van der Waals surface area contributed by atoms with Gasteiger partial charge in [-0.1, -0.05) is 66.4 Å². The van der Waals surface area contributed by atoms with Crippen LogP contribution in [0, 0.1) is 0 Å². The maximum atomic E-state index is 12.6. The lowest BCUT2D eigenvalue weighted by Crippen LogP contribution is -2.34. The molecule has 0 bridgehead atoms. The Morgan fingerprint density at radius 1 is 1.09 bits per heavy atom. The predicted molar refractivity (Wildman–Crippen MR) is 99.9 cm³/mol. The van der Waals surface area contributed by atoms with Crippen LogP contribution in [0.4, 0.5) is 0 Å². The average Bonchev–Trinajstić information content (AvgIpc) is 2.82. The third-order valence-corrected chi connectivity index (χ3v) is 5.19. The lowest BCUT2D eigenvalue weighted by Gasteiger charge is -2.13. The number of carbonyl (C=O) groups is 2. The van der Waals surface area contributed by atoms with E-state index in [0.717, 1.165) is 22.2 Å². The largest absolute Gasteiger partial charge is 0.273 e. The van der Waals surface area contributed by atoms with Gasteiger partial charge in [0.15, 0.2) is 4.32 Å². The molecule has 2 amide bonds. The molecular formula is C17H10BrNO2S2. The SMILES string of the molecule is O=C1/C(=C/c2ccccc2)SC(=S)N1C(=O)c1ccccc1Br. The van der Waals surface area contributed by atoms with Crippen molar-refractivity contribution in [2.75, 3.05) is 0 Å². The molecule has 3 rings (SSSR count). The topological polar surface area (TPSA) is 37.4 Å². The fourth-order valence-corrected chi connectivity index (χ4v) is 3.81. The molecule has 0 unspecified atom stereocenters. The van der Waals surface area contributed by atoms with Crippen LogP contribution in [0.3, 0.4) is 0 Å². The van der Waals surface area contributed by atoms with Crippen molar-refractivity contribution in [3.63, 3.8) is 0 Å². The van der Waals surface area contributed by atoms with Gasteiger partial charge in [0, 0.05) is 4.47 Å². The van der Waals surface area contributed by atoms with E-state index >= 15 is 0 Å². The first kappa shape index (κ1) is 16.1. The van der Waals surface area contributed by atoms with Crippen molar-refractivity contribution in [1.82, 2.24) is 4.90 Å². The average molecular weight is 404 g/mol. The molecule has 0 aliphatic carbocycles. The molecule has 1 aliphatic heterocycles. The molecule has 6 heteroatoms. The first-order valence-electron chi connectivity index (χ1n) is 6.70. The van der Waals surface area contributed by atoms with Crippen molar-refractivity contribution in [3.8, 4) is 0 Å². The molecular weight excluding hydrogens is 394 g/mol. The summed E-state index contributed by atoms with van der Waals surface area (Å²) >= 11 is 9.69. The van der Waals surface area contributed by atoms with E-state index in [2.05, 4.69) is 15.9 Å². The maximum Gasteiger partial charge on any atom is 0.273 e. The summed E-state index contributed by atoms with van der Waals surface area (Å²) in [6.07, 6.45) is 1.74. The fraction of sp³-hybridized carbons (Fsp3) is 0. The van der Waals surface area contributed by atoms with Crippen LogP contribution >= 0.6 is 39.9 Å². The third-order valence-electron chi connectivity index (χ3n) is 3.20. The molecule has 0 N–H and O–H groups in total. The zero-order valence-corrected chi connectivity index (χ0v) is 15.0. The molecule has 0 saturated carbocycles. The van der Waals surface area contributed by atoms with Crippen LogP contribution in [-0.2, 0) is 4.79 Å². The van der Waals surface area contributed by atoms with Crippen LogP contribution in [-0.4, -0.2) is 21.0 Å². The van der Waals surface area contributed by atoms with Crippen molar-refractivity contribution in [2.24, 2.45) is 0 Å². The van der Waals surface area contributed by atoms with Gasteiger partial charge in [0.25, 0.3) is 11.8 Å². The van der Waals surface area contributed by atoms with Crippen molar-refractivity contribution >= 4 is 62.1 Å². The summed E-state index contributed by atoms with van der Waals surface area (Å²) in [6.45, 7) is 0. The Morgan fingerprint density at radius 3 is 2.43 bits per heavy atom. The molecule has 2 aromatic rings. The van der Waals surface area contributed by atoms with E-state index in [1.807, 2.05) is 30.3 Å². The van der Waals surface area contributed by atoms with E-state index in [1.165, 1.54) is 0 Å². The molecule has 0 atom stereocenters. The summed E-state index contributed by atoms with van der Waals surface area (Å²) in [4.78, 5) is 26.7. The first-order chi connectivity index (χ1) is 11.1. The predicted octanol–water partition coefficient (Wildman–Crippen LogP) is 4.49. The summed E-state index contributed by atoms with van der Waals surface area (Å²) < 4.78 is 0.879. The Morgan fingerprint density at radius 2 is 1.74 bits per heavy atom. The van der Waals surface area contributed by atoms with E-state index in [1.54, 1.807) is 30.3 Å². The Balaban J connectivity index is 1.92. The highest BCUT2D eigenvalue weighted by molar-refractivity contribution is 9.10. The molecule has 0 spiro atoms. The number of hydrogen-bond donors (Lipinski definition) is 0. The summed E-state index contributed by atoms with van der Waals surface area (Å²) in [7, 11) is 0. The molecule has 2 aromatic carbocycles. The van der Waals surface area contributed by atoms with Crippen LogP contribution in [0.25, 0.3) is 6.08 Å².